The number of aryl methyl sites for hydroxylation is 2. The Morgan fingerprint density at radius 2 is 1.46 bits per heavy atom. The van der Waals surface area contributed by atoms with Crippen molar-refractivity contribution in [1.29, 1.82) is 0 Å². The molecule has 0 nitrogen and oxygen atoms in total. The van der Waals surface area contributed by atoms with Crippen molar-refractivity contribution in [3.63, 3.8) is 0 Å². The SMILES string of the molecule is C=C(C(CCC)CC(C)CCCC)C1c2ccccc2CCc2ccccc21. The lowest BCUT2D eigenvalue weighted by atomic mass is 9.74. The second-order valence-corrected chi connectivity index (χ2v) is 8.87. The second kappa shape index (κ2) is 10.1. The molecule has 0 saturated heterocycles. The van der Waals surface area contributed by atoms with Crippen LogP contribution in [-0.4, -0.2) is 0 Å². The predicted molar refractivity (Wildman–Crippen MR) is 123 cm³/mol. The lowest BCUT2D eigenvalue weighted by Gasteiger charge is -2.30. The summed E-state index contributed by atoms with van der Waals surface area (Å²) in [5.41, 5.74) is 7.48. The van der Waals surface area contributed by atoms with Crippen molar-refractivity contribution in [1.82, 2.24) is 0 Å². The lowest BCUT2D eigenvalue weighted by molar-refractivity contribution is 0.375. The van der Waals surface area contributed by atoms with E-state index in [9.17, 15) is 0 Å². The molecule has 2 unspecified atom stereocenters. The van der Waals surface area contributed by atoms with Crippen molar-refractivity contribution in [3.8, 4) is 0 Å². The zero-order valence-electron chi connectivity index (χ0n) is 18.2. The molecule has 0 bridgehead atoms. The number of fused-ring (bicyclic) bond motifs is 2. The Morgan fingerprint density at radius 3 is 2.00 bits per heavy atom. The van der Waals surface area contributed by atoms with Gasteiger partial charge in [0, 0.05) is 5.92 Å². The first-order valence-corrected chi connectivity index (χ1v) is 11.5. The van der Waals surface area contributed by atoms with Gasteiger partial charge in [0.15, 0.2) is 0 Å². The van der Waals surface area contributed by atoms with E-state index in [0.29, 0.717) is 11.8 Å². The van der Waals surface area contributed by atoms with E-state index in [0.717, 1.165) is 18.8 Å². The Balaban J connectivity index is 1.96. The third-order valence-electron chi connectivity index (χ3n) is 6.67. The van der Waals surface area contributed by atoms with E-state index in [1.807, 2.05) is 0 Å². The number of rotatable bonds is 9. The van der Waals surface area contributed by atoms with Gasteiger partial charge < -0.3 is 0 Å². The van der Waals surface area contributed by atoms with Crippen LogP contribution in [0.2, 0.25) is 0 Å². The topological polar surface area (TPSA) is 0 Å². The van der Waals surface area contributed by atoms with Crippen molar-refractivity contribution >= 4 is 0 Å². The van der Waals surface area contributed by atoms with Crippen LogP contribution in [0.1, 0.15) is 87.5 Å². The lowest BCUT2D eigenvalue weighted by Crippen LogP contribution is -2.16. The molecule has 0 spiro atoms. The minimum Gasteiger partial charge on any atom is -0.0986 e. The molecule has 0 fully saturated rings. The van der Waals surface area contributed by atoms with E-state index < -0.39 is 0 Å². The Labute approximate surface area is 173 Å². The minimum absolute atomic E-state index is 0.352. The third-order valence-corrected chi connectivity index (χ3v) is 6.67. The standard InChI is InChI=1S/C28H38/c1-5-7-13-21(3)20-25(12-6-2)22(4)28-26-16-10-8-14-23(26)18-19-24-15-9-11-17-27(24)28/h8-11,14-17,21,25,28H,4-7,12-13,18-20H2,1-3H3. The van der Waals surface area contributed by atoms with Gasteiger partial charge in [-0.2, -0.15) is 0 Å². The van der Waals surface area contributed by atoms with Crippen molar-refractivity contribution < 1.29 is 0 Å². The number of unbranched alkanes of at least 4 members (excludes halogenated alkanes) is 1. The van der Waals surface area contributed by atoms with E-state index in [-0.39, 0.29) is 0 Å². The molecule has 150 valence electrons. The monoisotopic (exact) mass is 374 g/mol. The van der Waals surface area contributed by atoms with Crippen LogP contribution in [0.25, 0.3) is 0 Å². The summed E-state index contributed by atoms with van der Waals surface area (Å²) in [6.07, 6.45) is 10.1. The Hall–Kier alpha value is -1.82. The highest BCUT2D eigenvalue weighted by Gasteiger charge is 2.29. The van der Waals surface area contributed by atoms with Crippen molar-refractivity contribution in [3.05, 3.63) is 82.9 Å². The number of allylic oxidation sites excluding steroid dienone is 1. The van der Waals surface area contributed by atoms with Gasteiger partial charge in [-0.05, 0) is 59.8 Å². The highest BCUT2D eigenvalue weighted by molar-refractivity contribution is 5.50. The molecule has 1 aliphatic carbocycles. The molecule has 0 amide bonds. The fourth-order valence-corrected chi connectivity index (χ4v) is 5.12. The molecule has 0 aliphatic heterocycles. The fourth-order valence-electron chi connectivity index (χ4n) is 5.12. The summed E-state index contributed by atoms with van der Waals surface area (Å²) >= 11 is 0. The average molecular weight is 375 g/mol. The summed E-state index contributed by atoms with van der Waals surface area (Å²) in [7, 11) is 0. The van der Waals surface area contributed by atoms with Crippen LogP contribution in [0.3, 0.4) is 0 Å². The van der Waals surface area contributed by atoms with Crippen molar-refractivity contribution in [2.45, 2.75) is 78.1 Å². The quantitative estimate of drug-likeness (QED) is 0.389. The van der Waals surface area contributed by atoms with Crippen LogP contribution in [0, 0.1) is 11.8 Å². The molecular formula is C28H38. The van der Waals surface area contributed by atoms with Crippen LogP contribution in [-0.2, 0) is 12.8 Å². The van der Waals surface area contributed by atoms with Gasteiger partial charge in [-0.1, -0.05) is 107 Å². The highest BCUT2D eigenvalue weighted by atomic mass is 14.3. The number of hydrogen-bond donors (Lipinski definition) is 0. The van der Waals surface area contributed by atoms with Crippen LogP contribution < -0.4 is 0 Å². The van der Waals surface area contributed by atoms with Gasteiger partial charge in [0.2, 0.25) is 0 Å². The maximum atomic E-state index is 4.77. The first-order chi connectivity index (χ1) is 13.7. The molecule has 0 aromatic heterocycles. The minimum atomic E-state index is 0.352. The highest BCUT2D eigenvalue weighted by Crippen LogP contribution is 2.43. The van der Waals surface area contributed by atoms with Crippen LogP contribution in [0.4, 0.5) is 0 Å². The summed E-state index contributed by atoms with van der Waals surface area (Å²) in [6, 6.07) is 18.2. The summed E-state index contributed by atoms with van der Waals surface area (Å²) < 4.78 is 0. The largest absolute Gasteiger partial charge is 0.0986 e. The molecule has 1 aliphatic rings. The van der Waals surface area contributed by atoms with Crippen LogP contribution in [0.5, 0.6) is 0 Å². The molecule has 0 N–H and O–H groups in total. The molecule has 3 rings (SSSR count). The Bertz CT molecular complexity index is 722. The van der Waals surface area contributed by atoms with Gasteiger partial charge in [-0.15, -0.1) is 0 Å². The normalized spacial score (nSPS) is 16.0. The first kappa shape index (κ1) is 20.9. The second-order valence-electron chi connectivity index (χ2n) is 8.87. The fraction of sp³-hybridized carbons (Fsp3) is 0.500. The molecule has 2 aromatic rings. The summed E-state index contributed by atoms with van der Waals surface area (Å²) in [5, 5.41) is 0. The summed E-state index contributed by atoms with van der Waals surface area (Å²) in [6.45, 7) is 11.8. The molecule has 0 heteroatoms. The van der Waals surface area contributed by atoms with Gasteiger partial charge in [-0.3, -0.25) is 0 Å². The molecule has 0 radical (unpaired) electrons. The molecule has 28 heavy (non-hydrogen) atoms. The van der Waals surface area contributed by atoms with Crippen LogP contribution in [0.15, 0.2) is 60.7 Å². The Morgan fingerprint density at radius 1 is 0.893 bits per heavy atom. The molecular weight excluding hydrogens is 336 g/mol. The predicted octanol–water partition coefficient (Wildman–Crippen LogP) is 8.11. The van der Waals surface area contributed by atoms with Gasteiger partial charge in [0.05, 0.1) is 0 Å². The summed E-state index contributed by atoms with van der Waals surface area (Å²) in [5.74, 6) is 1.75. The summed E-state index contributed by atoms with van der Waals surface area (Å²) in [4.78, 5) is 0. The molecule has 2 aromatic carbocycles. The molecule has 0 saturated carbocycles. The van der Waals surface area contributed by atoms with E-state index >= 15 is 0 Å². The van der Waals surface area contributed by atoms with E-state index in [1.54, 1.807) is 0 Å². The van der Waals surface area contributed by atoms with E-state index in [4.69, 9.17) is 6.58 Å². The van der Waals surface area contributed by atoms with Crippen molar-refractivity contribution in [2.75, 3.05) is 0 Å². The zero-order chi connectivity index (χ0) is 19.9. The maximum Gasteiger partial charge on any atom is 0.0304 e. The van der Waals surface area contributed by atoms with Gasteiger partial charge >= 0.3 is 0 Å². The average Bonchev–Trinajstić information content (AvgIpc) is 2.88. The van der Waals surface area contributed by atoms with Gasteiger partial charge in [0.1, 0.15) is 0 Å². The first-order valence-electron chi connectivity index (χ1n) is 11.5. The van der Waals surface area contributed by atoms with Crippen molar-refractivity contribution in [2.24, 2.45) is 11.8 Å². The van der Waals surface area contributed by atoms with Gasteiger partial charge in [-0.25, -0.2) is 0 Å². The maximum absolute atomic E-state index is 4.77. The van der Waals surface area contributed by atoms with Gasteiger partial charge in [0.25, 0.3) is 0 Å². The molecule has 0 heterocycles. The van der Waals surface area contributed by atoms with Crippen LogP contribution >= 0.6 is 0 Å². The van der Waals surface area contributed by atoms with E-state index in [2.05, 4.69) is 69.3 Å². The third kappa shape index (κ3) is 4.77. The number of hydrogen-bond acceptors (Lipinski definition) is 0. The zero-order valence-corrected chi connectivity index (χ0v) is 18.2. The number of benzene rings is 2. The Kier molecular flexibility index (Phi) is 7.54. The van der Waals surface area contributed by atoms with E-state index in [1.165, 1.54) is 66.4 Å². The smallest absolute Gasteiger partial charge is 0.0304 e. The molecule has 2 atom stereocenters.